The summed E-state index contributed by atoms with van der Waals surface area (Å²) in [5.41, 5.74) is 2.87. The van der Waals surface area contributed by atoms with Gasteiger partial charge in [0.25, 0.3) is 0 Å². The maximum atomic E-state index is 12.0. The Morgan fingerprint density at radius 2 is 1.88 bits per heavy atom. The van der Waals surface area contributed by atoms with Gasteiger partial charge in [0, 0.05) is 18.1 Å². The lowest BCUT2D eigenvalue weighted by Crippen LogP contribution is -2.26. The molecule has 0 fully saturated rings. The third kappa shape index (κ3) is 5.78. The second-order valence-corrected chi connectivity index (χ2v) is 6.69. The first-order valence-electron chi connectivity index (χ1n) is 7.99. The summed E-state index contributed by atoms with van der Waals surface area (Å²) in [5.74, 6) is -0.946. The van der Waals surface area contributed by atoms with Crippen LogP contribution in [0.4, 0.5) is 0 Å². The van der Waals surface area contributed by atoms with Crippen molar-refractivity contribution < 1.29 is 19.8 Å². The van der Waals surface area contributed by atoms with E-state index in [1.165, 1.54) is 0 Å². The van der Waals surface area contributed by atoms with Crippen LogP contribution in [0.3, 0.4) is 0 Å². The van der Waals surface area contributed by atoms with E-state index in [2.05, 4.69) is 13.8 Å². The van der Waals surface area contributed by atoms with Gasteiger partial charge >= 0.3 is 5.97 Å². The quantitative estimate of drug-likeness (QED) is 0.574. The molecule has 0 aromatic heterocycles. The zero-order valence-corrected chi connectivity index (χ0v) is 14.8. The zero-order valence-electron chi connectivity index (χ0n) is 14.8. The Kier molecular flexibility index (Phi) is 7.11. The van der Waals surface area contributed by atoms with Crippen molar-refractivity contribution in [3.63, 3.8) is 0 Å². The highest BCUT2D eigenvalue weighted by Crippen LogP contribution is 2.39. The second-order valence-electron chi connectivity index (χ2n) is 6.69. The van der Waals surface area contributed by atoms with E-state index in [0.29, 0.717) is 17.6 Å². The van der Waals surface area contributed by atoms with Crippen LogP contribution >= 0.6 is 0 Å². The number of carboxylic acids is 1. The third-order valence-corrected chi connectivity index (χ3v) is 4.11. The van der Waals surface area contributed by atoms with E-state index in [-0.39, 0.29) is 17.8 Å². The van der Waals surface area contributed by atoms with Gasteiger partial charge in [0.1, 0.15) is 0 Å². The van der Waals surface area contributed by atoms with Crippen molar-refractivity contribution >= 4 is 11.8 Å². The maximum absolute atomic E-state index is 12.0. The van der Waals surface area contributed by atoms with Gasteiger partial charge in [-0.1, -0.05) is 49.8 Å². The molecule has 0 aliphatic heterocycles. The normalized spacial score (nSPS) is 19.6. The number of aliphatic carboxylic acids is 1. The average Bonchev–Trinajstić information content (AvgIpc) is 2.47. The van der Waals surface area contributed by atoms with E-state index >= 15 is 0 Å². The van der Waals surface area contributed by atoms with Crippen molar-refractivity contribution in [3.05, 3.63) is 58.7 Å². The number of aliphatic hydroxyl groups is 1. The Balaban J connectivity index is 2.97. The van der Waals surface area contributed by atoms with Crippen LogP contribution in [0.5, 0.6) is 0 Å². The SMILES string of the molecule is CC(/C=C/C1=C(CO)C(=O)CCC1(C)C)=C\C=C\C(C)=C\C(=O)O. The van der Waals surface area contributed by atoms with E-state index < -0.39 is 5.97 Å². The highest BCUT2D eigenvalue weighted by molar-refractivity contribution is 5.98. The van der Waals surface area contributed by atoms with E-state index in [0.717, 1.165) is 23.6 Å². The summed E-state index contributed by atoms with van der Waals surface area (Å²) in [6.07, 6.45) is 11.6. The van der Waals surface area contributed by atoms with Gasteiger partial charge in [0.2, 0.25) is 0 Å². The van der Waals surface area contributed by atoms with Crippen LogP contribution in [-0.4, -0.2) is 28.6 Å². The van der Waals surface area contributed by atoms with Crippen molar-refractivity contribution in [2.24, 2.45) is 5.41 Å². The number of ketones is 1. The van der Waals surface area contributed by atoms with Crippen molar-refractivity contribution in [2.75, 3.05) is 6.61 Å². The molecular weight excluding hydrogens is 304 g/mol. The Morgan fingerprint density at radius 3 is 2.46 bits per heavy atom. The molecule has 0 aromatic carbocycles. The minimum Gasteiger partial charge on any atom is -0.478 e. The van der Waals surface area contributed by atoms with Crippen molar-refractivity contribution in [2.45, 2.75) is 40.5 Å². The first-order chi connectivity index (χ1) is 11.2. The molecule has 0 heterocycles. The Labute approximate surface area is 143 Å². The van der Waals surface area contributed by atoms with Crippen LogP contribution in [0.1, 0.15) is 40.5 Å². The summed E-state index contributed by atoms with van der Waals surface area (Å²) in [6, 6.07) is 0. The number of rotatable bonds is 6. The molecule has 4 heteroatoms. The van der Waals surface area contributed by atoms with Gasteiger partial charge in [-0.15, -0.1) is 0 Å². The minimum absolute atomic E-state index is 0.0208. The number of carbonyl (C=O) groups excluding carboxylic acids is 1. The molecule has 0 aromatic rings. The van der Waals surface area contributed by atoms with Gasteiger partial charge in [-0.3, -0.25) is 4.79 Å². The predicted molar refractivity (Wildman–Crippen MR) is 95.6 cm³/mol. The molecule has 0 unspecified atom stereocenters. The largest absolute Gasteiger partial charge is 0.478 e. The van der Waals surface area contributed by atoms with Crippen LogP contribution in [0, 0.1) is 5.41 Å². The highest BCUT2D eigenvalue weighted by atomic mass is 16.4. The monoisotopic (exact) mass is 330 g/mol. The number of aliphatic hydroxyl groups excluding tert-OH is 1. The fourth-order valence-electron chi connectivity index (χ4n) is 2.63. The first kappa shape index (κ1) is 19.8. The van der Waals surface area contributed by atoms with E-state index in [9.17, 15) is 14.7 Å². The molecule has 24 heavy (non-hydrogen) atoms. The summed E-state index contributed by atoms with van der Waals surface area (Å²) >= 11 is 0. The summed E-state index contributed by atoms with van der Waals surface area (Å²) in [5, 5.41) is 18.2. The molecular formula is C20H26O4. The highest BCUT2D eigenvalue weighted by Gasteiger charge is 2.32. The predicted octanol–water partition coefficient (Wildman–Crippen LogP) is 3.75. The van der Waals surface area contributed by atoms with Crippen molar-refractivity contribution in [1.29, 1.82) is 0 Å². The molecule has 0 bridgehead atoms. The lowest BCUT2D eigenvalue weighted by molar-refractivity contribution is -0.131. The molecule has 0 spiro atoms. The number of allylic oxidation sites excluding steroid dienone is 8. The molecule has 0 saturated heterocycles. The Hall–Kier alpha value is -2.20. The van der Waals surface area contributed by atoms with E-state index in [1.807, 2.05) is 25.2 Å². The lowest BCUT2D eigenvalue weighted by atomic mass is 9.72. The molecule has 0 atom stereocenters. The van der Waals surface area contributed by atoms with Crippen LogP contribution in [0.2, 0.25) is 0 Å². The topological polar surface area (TPSA) is 74.6 Å². The van der Waals surface area contributed by atoms with E-state index in [4.69, 9.17) is 5.11 Å². The summed E-state index contributed by atoms with van der Waals surface area (Å²) in [4.78, 5) is 22.5. The third-order valence-electron chi connectivity index (χ3n) is 4.11. The standard InChI is InChI=1S/C20H26O4/c1-14(6-5-7-15(2)12-19(23)24)8-9-17-16(13-21)18(22)10-11-20(17,3)4/h5-9,12,21H,10-11,13H2,1-4H3,(H,23,24)/b7-5+,9-8+,14-6+,15-12+. The van der Waals surface area contributed by atoms with Gasteiger partial charge in [0.15, 0.2) is 5.78 Å². The van der Waals surface area contributed by atoms with Gasteiger partial charge in [-0.25, -0.2) is 4.79 Å². The number of carbonyl (C=O) groups is 2. The van der Waals surface area contributed by atoms with Gasteiger partial charge in [0.05, 0.1) is 6.61 Å². The summed E-state index contributed by atoms with van der Waals surface area (Å²) in [6.45, 7) is 7.57. The Morgan fingerprint density at radius 1 is 1.21 bits per heavy atom. The van der Waals surface area contributed by atoms with E-state index in [1.54, 1.807) is 19.1 Å². The molecule has 2 N–H and O–H groups in total. The smallest absolute Gasteiger partial charge is 0.328 e. The second kappa shape index (κ2) is 8.60. The molecule has 4 nitrogen and oxygen atoms in total. The number of hydrogen-bond donors (Lipinski definition) is 2. The number of carboxylic acid groups (broad SMARTS) is 1. The van der Waals surface area contributed by atoms with Crippen molar-refractivity contribution in [3.8, 4) is 0 Å². The van der Waals surface area contributed by atoms with Crippen LogP contribution in [0.25, 0.3) is 0 Å². The van der Waals surface area contributed by atoms with Gasteiger partial charge in [-0.05, 0) is 36.8 Å². The number of hydrogen-bond acceptors (Lipinski definition) is 3. The fraction of sp³-hybridized carbons (Fsp3) is 0.400. The minimum atomic E-state index is -0.967. The fourth-order valence-corrected chi connectivity index (χ4v) is 2.63. The van der Waals surface area contributed by atoms with Gasteiger partial charge < -0.3 is 10.2 Å². The average molecular weight is 330 g/mol. The first-order valence-corrected chi connectivity index (χ1v) is 7.99. The molecule has 130 valence electrons. The molecule has 0 saturated carbocycles. The van der Waals surface area contributed by atoms with Crippen LogP contribution < -0.4 is 0 Å². The molecule has 0 radical (unpaired) electrons. The summed E-state index contributed by atoms with van der Waals surface area (Å²) in [7, 11) is 0. The zero-order chi connectivity index (χ0) is 18.3. The summed E-state index contributed by atoms with van der Waals surface area (Å²) < 4.78 is 0. The van der Waals surface area contributed by atoms with Crippen LogP contribution in [-0.2, 0) is 9.59 Å². The Bertz CT molecular complexity index is 655. The molecule has 1 aliphatic carbocycles. The number of Topliss-reactive ketones (excluding diaryl/α,β-unsaturated/α-hetero) is 1. The van der Waals surface area contributed by atoms with Gasteiger partial charge in [-0.2, -0.15) is 0 Å². The lowest BCUT2D eigenvalue weighted by Gasteiger charge is -2.32. The molecule has 1 aliphatic rings. The van der Waals surface area contributed by atoms with Crippen molar-refractivity contribution in [1.82, 2.24) is 0 Å². The molecule has 0 amide bonds. The molecule has 1 rings (SSSR count). The maximum Gasteiger partial charge on any atom is 0.328 e. The van der Waals surface area contributed by atoms with Crippen LogP contribution in [0.15, 0.2) is 58.7 Å².